The summed E-state index contributed by atoms with van der Waals surface area (Å²) in [6.07, 6.45) is -7.06. The molecule has 19 heavy (non-hydrogen) atoms. The minimum absolute atomic E-state index is 0.0381. The molecule has 0 aromatic carbocycles. The van der Waals surface area contributed by atoms with Gasteiger partial charge in [0.25, 0.3) is 0 Å². The molecule has 0 fully saturated rings. The van der Waals surface area contributed by atoms with Crippen LogP contribution in [-0.2, 0) is 25.1 Å². The van der Waals surface area contributed by atoms with E-state index in [1.54, 1.807) is 0 Å². The number of halogens is 4. The maximum atomic E-state index is 13.0. The van der Waals surface area contributed by atoms with Crippen LogP contribution in [0, 0.1) is 0 Å². The summed E-state index contributed by atoms with van der Waals surface area (Å²) < 4.78 is 76.7. The van der Waals surface area contributed by atoms with Gasteiger partial charge in [-0.2, -0.15) is 26.0 Å². The summed E-state index contributed by atoms with van der Waals surface area (Å²) in [6, 6.07) is 0. The first-order chi connectivity index (χ1) is 8.49. The van der Waals surface area contributed by atoms with E-state index >= 15 is 0 Å². The Morgan fingerprint density at radius 2 is 1.89 bits per heavy atom. The van der Waals surface area contributed by atoms with Gasteiger partial charge in [-0.25, -0.2) is 4.79 Å². The molecule has 5 nitrogen and oxygen atoms in total. The molecular weight excluding hydrogens is 296 g/mol. The van der Waals surface area contributed by atoms with Crippen LogP contribution >= 0.6 is 0 Å². The fraction of sp³-hybridized carbons (Fsp3) is 0.667. The first-order valence-corrected chi connectivity index (χ1v) is 5.91. The fourth-order valence-electron chi connectivity index (χ4n) is 0.878. The van der Waals surface area contributed by atoms with E-state index in [4.69, 9.17) is 4.55 Å². The van der Waals surface area contributed by atoms with Crippen molar-refractivity contribution in [3.63, 3.8) is 0 Å². The predicted molar refractivity (Wildman–Crippen MR) is 56.8 cm³/mol. The van der Waals surface area contributed by atoms with E-state index in [2.05, 4.69) is 15.5 Å². The number of alkyl halides is 4. The molecule has 0 rings (SSSR count). The van der Waals surface area contributed by atoms with E-state index in [9.17, 15) is 26.6 Å². The van der Waals surface area contributed by atoms with Crippen molar-refractivity contribution in [2.45, 2.75) is 31.8 Å². The minimum atomic E-state index is -5.09. The largest absolute Gasteiger partial charge is 0.462 e. The van der Waals surface area contributed by atoms with Gasteiger partial charge < -0.3 is 4.74 Å². The molecule has 0 heterocycles. The molecule has 0 aliphatic heterocycles. The van der Waals surface area contributed by atoms with Crippen molar-refractivity contribution in [2.24, 2.45) is 0 Å². The zero-order valence-corrected chi connectivity index (χ0v) is 10.6. The van der Waals surface area contributed by atoms with Gasteiger partial charge in [0, 0.05) is 12.0 Å². The highest BCUT2D eigenvalue weighted by Gasteiger charge is 2.58. The molecule has 0 aliphatic carbocycles. The SMILES string of the molecule is C=C(C)C(=O)OCCCC(F)(F)C(F)(F)OS(=O)O. The third-order valence-electron chi connectivity index (χ3n) is 1.82. The van der Waals surface area contributed by atoms with Crippen LogP contribution in [0.25, 0.3) is 0 Å². The molecule has 0 spiro atoms. The Hall–Kier alpha value is -1.00. The molecule has 0 aromatic rings. The van der Waals surface area contributed by atoms with Gasteiger partial charge in [-0.15, -0.1) is 0 Å². The summed E-state index contributed by atoms with van der Waals surface area (Å²) in [5.41, 5.74) is 0.0381. The lowest BCUT2D eigenvalue weighted by molar-refractivity contribution is -0.309. The summed E-state index contributed by atoms with van der Waals surface area (Å²) in [5, 5.41) is 0. The third-order valence-corrected chi connectivity index (χ3v) is 2.17. The zero-order chi connectivity index (χ0) is 15.3. The quantitative estimate of drug-likeness (QED) is 0.245. The average Bonchev–Trinajstić information content (AvgIpc) is 2.21. The standard InChI is InChI=1S/C9H12F4O5S/c1-6(2)7(14)17-5-3-4-8(10,11)9(12,13)18-19(15)16/h1,3-5H2,2H3,(H,15,16). The fourth-order valence-corrected chi connectivity index (χ4v) is 1.18. The molecule has 1 atom stereocenters. The lowest BCUT2D eigenvalue weighted by atomic mass is 10.2. The second-order valence-corrected chi connectivity index (χ2v) is 4.14. The zero-order valence-electron chi connectivity index (χ0n) is 9.83. The van der Waals surface area contributed by atoms with Gasteiger partial charge in [-0.3, -0.25) is 4.55 Å². The molecule has 0 saturated carbocycles. The number of carbonyl (C=O) groups is 1. The highest BCUT2D eigenvalue weighted by Crippen LogP contribution is 2.39. The van der Waals surface area contributed by atoms with Gasteiger partial charge >= 0.3 is 29.4 Å². The highest BCUT2D eigenvalue weighted by atomic mass is 32.2. The van der Waals surface area contributed by atoms with Crippen LogP contribution < -0.4 is 0 Å². The Morgan fingerprint density at radius 3 is 2.32 bits per heavy atom. The van der Waals surface area contributed by atoms with E-state index in [1.165, 1.54) is 6.92 Å². The van der Waals surface area contributed by atoms with E-state index in [0.717, 1.165) is 0 Å². The molecule has 1 N–H and O–H groups in total. The van der Waals surface area contributed by atoms with Crippen molar-refractivity contribution in [1.82, 2.24) is 0 Å². The van der Waals surface area contributed by atoms with Crippen LogP contribution in [0.15, 0.2) is 12.2 Å². The Kier molecular flexibility index (Phi) is 6.60. The van der Waals surface area contributed by atoms with Crippen LogP contribution in [-0.4, -0.2) is 33.4 Å². The molecular formula is C9H12F4O5S. The van der Waals surface area contributed by atoms with E-state index < -0.39 is 48.8 Å². The second kappa shape index (κ2) is 6.96. The van der Waals surface area contributed by atoms with Crippen LogP contribution in [0.4, 0.5) is 17.6 Å². The van der Waals surface area contributed by atoms with Crippen LogP contribution in [0.5, 0.6) is 0 Å². The van der Waals surface area contributed by atoms with Gasteiger partial charge in [0.05, 0.1) is 6.61 Å². The first-order valence-electron chi connectivity index (χ1n) is 4.88. The van der Waals surface area contributed by atoms with Crippen molar-refractivity contribution >= 4 is 17.3 Å². The summed E-state index contributed by atoms with van der Waals surface area (Å²) in [7, 11) is 0. The van der Waals surface area contributed by atoms with E-state index in [-0.39, 0.29) is 5.57 Å². The molecule has 0 amide bonds. The minimum Gasteiger partial charge on any atom is -0.462 e. The van der Waals surface area contributed by atoms with Gasteiger partial charge in [0.2, 0.25) is 0 Å². The molecule has 0 radical (unpaired) electrons. The smallest absolute Gasteiger partial charge is 0.433 e. The van der Waals surface area contributed by atoms with Gasteiger partial charge in [0.15, 0.2) is 0 Å². The molecule has 0 aliphatic rings. The van der Waals surface area contributed by atoms with Crippen molar-refractivity contribution in [3.8, 4) is 0 Å². The normalized spacial score (nSPS) is 14.0. The summed E-state index contributed by atoms with van der Waals surface area (Å²) in [4.78, 5) is 10.9. The molecule has 10 heteroatoms. The Labute approximate surface area is 109 Å². The Morgan fingerprint density at radius 1 is 1.37 bits per heavy atom. The Bertz CT molecular complexity index is 372. The molecule has 112 valence electrons. The summed E-state index contributed by atoms with van der Waals surface area (Å²) in [6.45, 7) is 4.04. The maximum Gasteiger partial charge on any atom is 0.433 e. The molecule has 0 aromatic heterocycles. The Balaban J connectivity index is 4.27. The average molecular weight is 308 g/mol. The van der Waals surface area contributed by atoms with Crippen molar-refractivity contribution in [3.05, 3.63) is 12.2 Å². The summed E-state index contributed by atoms with van der Waals surface area (Å²) >= 11 is -3.53. The summed E-state index contributed by atoms with van der Waals surface area (Å²) in [5.74, 6) is -5.50. The van der Waals surface area contributed by atoms with Crippen LogP contribution in [0.3, 0.4) is 0 Å². The van der Waals surface area contributed by atoms with Gasteiger partial charge in [-0.1, -0.05) is 6.58 Å². The van der Waals surface area contributed by atoms with Crippen molar-refractivity contribution < 1.29 is 40.0 Å². The number of hydrogen-bond acceptors (Lipinski definition) is 4. The van der Waals surface area contributed by atoms with Crippen molar-refractivity contribution in [1.29, 1.82) is 0 Å². The predicted octanol–water partition coefficient (Wildman–Crippen LogP) is 2.27. The van der Waals surface area contributed by atoms with Crippen LogP contribution in [0.2, 0.25) is 0 Å². The highest BCUT2D eigenvalue weighted by molar-refractivity contribution is 7.74. The number of ether oxygens (including phenoxy) is 1. The number of rotatable bonds is 8. The lowest BCUT2D eigenvalue weighted by Gasteiger charge is -2.23. The number of hydrogen-bond donors (Lipinski definition) is 1. The maximum absolute atomic E-state index is 13.0. The topological polar surface area (TPSA) is 72.8 Å². The number of carbonyl (C=O) groups excluding carboxylic acids is 1. The van der Waals surface area contributed by atoms with E-state index in [1.807, 2.05) is 0 Å². The second-order valence-electron chi connectivity index (χ2n) is 3.54. The van der Waals surface area contributed by atoms with Gasteiger partial charge in [-0.05, 0) is 13.3 Å². The first kappa shape index (κ1) is 18.0. The lowest BCUT2D eigenvalue weighted by Crippen LogP contribution is -2.43. The van der Waals surface area contributed by atoms with E-state index in [0.29, 0.717) is 0 Å². The van der Waals surface area contributed by atoms with Crippen LogP contribution in [0.1, 0.15) is 19.8 Å². The third kappa shape index (κ3) is 6.12. The monoisotopic (exact) mass is 308 g/mol. The number of esters is 1. The molecule has 0 saturated heterocycles. The van der Waals surface area contributed by atoms with Crippen molar-refractivity contribution in [2.75, 3.05) is 6.61 Å². The van der Waals surface area contributed by atoms with Gasteiger partial charge in [0.1, 0.15) is 0 Å². The molecule has 1 unspecified atom stereocenters. The molecule has 0 bridgehead atoms.